The molecule has 27 heavy (non-hydrogen) atoms. The average molecular weight is 406 g/mol. The van der Waals surface area contributed by atoms with E-state index in [1.54, 1.807) is 23.4 Å². The third-order valence-electron chi connectivity index (χ3n) is 4.27. The van der Waals surface area contributed by atoms with E-state index in [0.29, 0.717) is 18.3 Å². The number of fused-ring (bicyclic) bond motifs is 1. The third-order valence-corrected chi connectivity index (χ3v) is 6.35. The highest BCUT2D eigenvalue weighted by Gasteiger charge is 2.22. The van der Waals surface area contributed by atoms with Crippen molar-refractivity contribution in [2.45, 2.75) is 36.9 Å². The van der Waals surface area contributed by atoms with Crippen molar-refractivity contribution in [2.75, 3.05) is 30.5 Å². The highest BCUT2D eigenvalue weighted by Crippen LogP contribution is 2.28. The minimum Gasteiger partial charge on any atom is -0.383 e. The molecule has 0 spiro atoms. The Hall–Kier alpha value is -1.77. The van der Waals surface area contributed by atoms with Crippen molar-refractivity contribution in [1.82, 2.24) is 9.55 Å². The number of ether oxygens (including phenoxy) is 1. The van der Waals surface area contributed by atoms with Crippen LogP contribution in [0.25, 0.3) is 0 Å². The summed E-state index contributed by atoms with van der Waals surface area (Å²) in [5, 5.41) is 3.53. The number of nitrogens with one attached hydrogen (secondary N) is 1. The lowest BCUT2D eigenvalue weighted by Gasteiger charge is -2.13. The predicted molar refractivity (Wildman–Crippen MR) is 110 cm³/mol. The first-order chi connectivity index (χ1) is 13.0. The first-order valence-corrected chi connectivity index (χ1v) is 10.7. The Balaban J connectivity index is 1.75. The van der Waals surface area contributed by atoms with Crippen LogP contribution in [0.1, 0.15) is 16.8 Å². The van der Waals surface area contributed by atoms with E-state index in [0.717, 1.165) is 39.6 Å². The fourth-order valence-electron chi connectivity index (χ4n) is 2.80. The van der Waals surface area contributed by atoms with Crippen LogP contribution in [-0.2, 0) is 22.5 Å². The van der Waals surface area contributed by atoms with Gasteiger partial charge >= 0.3 is 0 Å². The first-order valence-electron chi connectivity index (χ1n) is 8.75. The second-order valence-corrected chi connectivity index (χ2v) is 8.42. The standard InChI is InChI=1S/C19H23N3O3S2/c1-12-4-5-13(2)15(10-12)20-16(23)11-27-19-21-14-6-9-26-17(14)18(24)22(19)7-8-25-3/h4-5,10H,6-9,11H2,1-3H3,(H,20,23). The summed E-state index contributed by atoms with van der Waals surface area (Å²) >= 11 is 2.84. The monoisotopic (exact) mass is 405 g/mol. The van der Waals surface area contributed by atoms with E-state index < -0.39 is 0 Å². The lowest BCUT2D eigenvalue weighted by Crippen LogP contribution is -2.27. The summed E-state index contributed by atoms with van der Waals surface area (Å²) in [6.07, 6.45) is 0.794. The molecule has 1 N–H and O–H groups in total. The molecule has 1 amide bonds. The number of amides is 1. The van der Waals surface area contributed by atoms with Gasteiger partial charge in [0.15, 0.2) is 5.16 Å². The SMILES string of the molecule is COCCn1c(SCC(=O)Nc2cc(C)ccc2C)nc2c(c1=O)SCC2. The molecule has 8 heteroatoms. The summed E-state index contributed by atoms with van der Waals surface area (Å²) in [7, 11) is 1.60. The van der Waals surface area contributed by atoms with Crippen LogP contribution in [0.5, 0.6) is 0 Å². The molecule has 2 heterocycles. The van der Waals surface area contributed by atoms with E-state index in [9.17, 15) is 9.59 Å². The quantitative estimate of drug-likeness (QED) is 0.564. The van der Waals surface area contributed by atoms with Gasteiger partial charge in [-0.05, 0) is 31.0 Å². The number of hydrogen-bond acceptors (Lipinski definition) is 6. The number of aryl methyl sites for hydroxylation is 3. The molecule has 1 aromatic heterocycles. The van der Waals surface area contributed by atoms with Crippen molar-refractivity contribution < 1.29 is 9.53 Å². The molecule has 0 bridgehead atoms. The topological polar surface area (TPSA) is 73.2 Å². The summed E-state index contributed by atoms with van der Waals surface area (Å²) < 4.78 is 6.74. The lowest BCUT2D eigenvalue weighted by atomic mass is 10.1. The molecule has 1 aliphatic rings. The minimum absolute atomic E-state index is 0.0306. The van der Waals surface area contributed by atoms with Crippen molar-refractivity contribution in [1.29, 1.82) is 0 Å². The minimum atomic E-state index is -0.115. The molecule has 6 nitrogen and oxygen atoms in total. The van der Waals surface area contributed by atoms with E-state index in [1.807, 2.05) is 32.0 Å². The Morgan fingerprint density at radius 3 is 3.00 bits per heavy atom. The van der Waals surface area contributed by atoms with Crippen molar-refractivity contribution in [3.05, 3.63) is 45.4 Å². The van der Waals surface area contributed by atoms with E-state index >= 15 is 0 Å². The van der Waals surface area contributed by atoms with Crippen LogP contribution >= 0.6 is 23.5 Å². The van der Waals surface area contributed by atoms with Gasteiger partial charge in [0, 0.05) is 25.0 Å². The molecule has 0 saturated carbocycles. The molecule has 0 atom stereocenters. The number of methoxy groups -OCH3 is 1. The lowest BCUT2D eigenvalue weighted by molar-refractivity contribution is -0.113. The van der Waals surface area contributed by atoms with Gasteiger partial charge in [-0.2, -0.15) is 0 Å². The Labute approximate surface area is 167 Å². The average Bonchev–Trinajstić information content (AvgIpc) is 3.11. The molecule has 0 unspecified atom stereocenters. The van der Waals surface area contributed by atoms with Crippen LogP contribution in [0, 0.1) is 13.8 Å². The number of anilines is 1. The highest BCUT2D eigenvalue weighted by atomic mass is 32.2. The van der Waals surface area contributed by atoms with Crippen LogP contribution in [0.3, 0.4) is 0 Å². The molecule has 0 radical (unpaired) electrons. The smallest absolute Gasteiger partial charge is 0.268 e. The van der Waals surface area contributed by atoms with Crippen LogP contribution in [0.4, 0.5) is 5.69 Å². The number of carbonyl (C=O) groups is 1. The maximum atomic E-state index is 12.7. The maximum Gasteiger partial charge on any atom is 0.268 e. The number of rotatable bonds is 7. The van der Waals surface area contributed by atoms with Gasteiger partial charge in [0.1, 0.15) is 0 Å². The van der Waals surface area contributed by atoms with Gasteiger partial charge < -0.3 is 10.1 Å². The molecule has 0 fully saturated rings. The van der Waals surface area contributed by atoms with Crippen molar-refractivity contribution in [2.24, 2.45) is 0 Å². The Bertz CT molecular complexity index is 912. The van der Waals surface area contributed by atoms with Crippen LogP contribution < -0.4 is 10.9 Å². The zero-order chi connectivity index (χ0) is 19.4. The molecule has 144 valence electrons. The summed E-state index contributed by atoms with van der Waals surface area (Å²) in [6.45, 7) is 4.81. The van der Waals surface area contributed by atoms with Crippen LogP contribution in [-0.4, -0.2) is 40.7 Å². The molecular weight excluding hydrogens is 382 g/mol. The van der Waals surface area contributed by atoms with Gasteiger partial charge in [0.25, 0.3) is 5.56 Å². The fraction of sp³-hybridized carbons (Fsp3) is 0.421. The normalized spacial score (nSPS) is 12.9. The van der Waals surface area contributed by atoms with Crippen LogP contribution in [0.15, 0.2) is 33.0 Å². The molecular formula is C19H23N3O3S2. The highest BCUT2D eigenvalue weighted by molar-refractivity contribution is 8.00. The number of aromatic nitrogens is 2. The number of nitrogens with zero attached hydrogens (tertiary/aromatic N) is 2. The number of hydrogen-bond donors (Lipinski definition) is 1. The van der Waals surface area contributed by atoms with Gasteiger partial charge in [-0.15, -0.1) is 11.8 Å². The molecule has 0 aliphatic carbocycles. The molecule has 1 aliphatic heterocycles. The second-order valence-electron chi connectivity index (χ2n) is 6.37. The summed E-state index contributed by atoms with van der Waals surface area (Å²) in [4.78, 5) is 30.5. The van der Waals surface area contributed by atoms with Gasteiger partial charge in [-0.25, -0.2) is 4.98 Å². The number of thioether (sulfide) groups is 2. The Kier molecular flexibility index (Phi) is 6.62. The second kappa shape index (κ2) is 8.95. The van der Waals surface area contributed by atoms with E-state index in [2.05, 4.69) is 10.3 Å². The number of carbonyl (C=O) groups excluding carboxylic acids is 1. The van der Waals surface area contributed by atoms with Gasteiger partial charge in [-0.3, -0.25) is 14.2 Å². The molecule has 2 aromatic rings. The predicted octanol–water partition coefficient (Wildman–Crippen LogP) is 2.89. The van der Waals surface area contributed by atoms with Crippen molar-refractivity contribution in [3.63, 3.8) is 0 Å². The van der Waals surface area contributed by atoms with Crippen LogP contribution in [0.2, 0.25) is 0 Å². The maximum absolute atomic E-state index is 12.7. The van der Waals surface area contributed by atoms with Crippen molar-refractivity contribution in [3.8, 4) is 0 Å². The molecule has 3 rings (SSSR count). The molecule has 1 aromatic carbocycles. The largest absolute Gasteiger partial charge is 0.383 e. The van der Waals surface area contributed by atoms with Gasteiger partial charge in [-0.1, -0.05) is 23.9 Å². The summed E-state index contributed by atoms with van der Waals surface area (Å²) in [6, 6.07) is 5.96. The van der Waals surface area contributed by atoms with Crippen molar-refractivity contribution >= 4 is 35.1 Å². The molecule has 0 saturated heterocycles. The van der Waals surface area contributed by atoms with Gasteiger partial charge in [0.2, 0.25) is 5.91 Å². The van der Waals surface area contributed by atoms with E-state index in [-0.39, 0.29) is 17.2 Å². The fourth-order valence-corrected chi connectivity index (χ4v) is 4.69. The Morgan fingerprint density at radius 1 is 1.41 bits per heavy atom. The first kappa shape index (κ1) is 20.0. The van der Waals surface area contributed by atoms with Gasteiger partial charge in [0.05, 0.1) is 29.5 Å². The number of benzene rings is 1. The van der Waals surface area contributed by atoms with E-state index in [4.69, 9.17) is 4.74 Å². The Morgan fingerprint density at radius 2 is 2.22 bits per heavy atom. The third kappa shape index (κ3) is 4.75. The summed E-state index contributed by atoms with van der Waals surface area (Å²) in [5.74, 6) is 0.957. The zero-order valence-corrected chi connectivity index (χ0v) is 17.3. The zero-order valence-electron chi connectivity index (χ0n) is 15.7. The summed E-state index contributed by atoms with van der Waals surface area (Å²) in [5.41, 5.74) is 3.74. The van der Waals surface area contributed by atoms with E-state index in [1.165, 1.54) is 11.8 Å².